The molecule has 0 fully saturated rings. The second-order valence-corrected chi connectivity index (χ2v) is 22.8. The zero-order chi connectivity index (χ0) is 53.0. The number of rotatable bonds is 61. The molecule has 4 unspecified atom stereocenters. The van der Waals surface area contributed by atoms with Crippen LogP contribution in [0.3, 0.4) is 0 Å². The highest BCUT2D eigenvalue weighted by atomic mass is 16.3. The first kappa shape index (κ1) is 71.5. The molecule has 0 spiro atoms. The Morgan fingerprint density at radius 3 is 0.863 bits per heavy atom. The third-order valence-electron chi connectivity index (χ3n) is 15.6. The van der Waals surface area contributed by atoms with Gasteiger partial charge in [-0.15, -0.1) is 0 Å². The molecule has 432 valence electrons. The molecule has 0 aromatic heterocycles. The summed E-state index contributed by atoms with van der Waals surface area (Å²) < 4.78 is 0. The Morgan fingerprint density at radius 2 is 0.575 bits per heavy atom. The topological polar surface area (TPSA) is 110 Å². The number of aliphatic hydroxyl groups is 4. The molecule has 0 aliphatic heterocycles. The Hall–Kier alpha value is -1.47. The highest BCUT2D eigenvalue weighted by Gasteiger charge is 2.28. The summed E-state index contributed by atoms with van der Waals surface area (Å²) in [5.74, 6) is -0.593. The number of carbonyl (C=O) groups excluding carboxylic acids is 1. The van der Waals surface area contributed by atoms with Gasteiger partial charge in [-0.2, -0.15) is 0 Å². The molecular weight excluding hydrogens is 899 g/mol. The average Bonchev–Trinajstić information content (AvgIpc) is 3.40. The quantitative estimate of drug-likeness (QED) is 0.0308. The SMILES string of the molecule is CCCCCCCCCCCCCC/C=C\CCCCCCCCCCCCCCC(O)C(=O)NC(CO)C(O)C(O)CCC/C=C/CC/C=C/CCCCCCCCCCCCCCCCCCCCCC. The van der Waals surface area contributed by atoms with Gasteiger partial charge in [0, 0.05) is 0 Å². The highest BCUT2D eigenvalue weighted by molar-refractivity contribution is 5.80. The van der Waals surface area contributed by atoms with Crippen molar-refractivity contribution in [3.8, 4) is 0 Å². The molecule has 0 aromatic rings. The van der Waals surface area contributed by atoms with Gasteiger partial charge in [-0.1, -0.05) is 314 Å². The van der Waals surface area contributed by atoms with E-state index in [1.165, 1.54) is 283 Å². The second-order valence-electron chi connectivity index (χ2n) is 22.8. The van der Waals surface area contributed by atoms with Crippen LogP contribution in [-0.4, -0.2) is 57.3 Å². The fraction of sp³-hybridized carbons (Fsp3) is 0.896. The first-order chi connectivity index (χ1) is 36.0. The summed E-state index contributed by atoms with van der Waals surface area (Å²) in [7, 11) is 0. The maximum Gasteiger partial charge on any atom is 0.249 e. The van der Waals surface area contributed by atoms with E-state index >= 15 is 0 Å². The van der Waals surface area contributed by atoms with E-state index in [4.69, 9.17) is 0 Å². The predicted molar refractivity (Wildman–Crippen MR) is 321 cm³/mol. The number of carbonyl (C=O) groups is 1. The number of hydrogen-bond acceptors (Lipinski definition) is 5. The van der Waals surface area contributed by atoms with E-state index in [1.54, 1.807) is 0 Å². The van der Waals surface area contributed by atoms with Crippen LogP contribution < -0.4 is 5.32 Å². The van der Waals surface area contributed by atoms with E-state index < -0.39 is 36.9 Å². The Kier molecular flexibility index (Phi) is 60.1. The van der Waals surface area contributed by atoms with E-state index in [0.29, 0.717) is 19.3 Å². The maximum atomic E-state index is 12.6. The lowest BCUT2D eigenvalue weighted by molar-refractivity contribution is -0.132. The average molecular weight is 1030 g/mol. The number of aliphatic hydroxyl groups excluding tert-OH is 4. The van der Waals surface area contributed by atoms with Crippen molar-refractivity contribution in [3.63, 3.8) is 0 Å². The van der Waals surface area contributed by atoms with Crippen LogP contribution in [0.15, 0.2) is 36.5 Å². The monoisotopic (exact) mass is 1030 g/mol. The van der Waals surface area contributed by atoms with Gasteiger partial charge in [-0.25, -0.2) is 0 Å². The van der Waals surface area contributed by atoms with Gasteiger partial charge < -0.3 is 25.7 Å². The number of unbranched alkanes of at least 4 members (excludes halogenated alkanes) is 46. The number of hydrogen-bond donors (Lipinski definition) is 5. The van der Waals surface area contributed by atoms with E-state index in [-0.39, 0.29) is 0 Å². The molecule has 0 rings (SSSR count). The molecule has 0 aliphatic rings. The number of amides is 1. The van der Waals surface area contributed by atoms with Gasteiger partial charge >= 0.3 is 0 Å². The van der Waals surface area contributed by atoms with E-state index in [2.05, 4.69) is 55.6 Å². The molecule has 6 nitrogen and oxygen atoms in total. The first-order valence-electron chi connectivity index (χ1n) is 32.9. The van der Waals surface area contributed by atoms with Crippen LogP contribution in [0, 0.1) is 0 Å². The van der Waals surface area contributed by atoms with Crippen molar-refractivity contribution in [1.29, 1.82) is 0 Å². The zero-order valence-corrected chi connectivity index (χ0v) is 49.2. The van der Waals surface area contributed by atoms with E-state index in [9.17, 15) is 25.2 Å². The summed E-state index contributed by atoms with van der Waals surface area (Å²) in [6.45, 7) is 4.09. The molecule has 0 saturated carbocycles. The summed E-state index contributed by atoms with van der Waals surface area (Å²) in [5, 5.41) is 44.1. The summed E-state index contributed by atoms with van der Waals surface area (Å²) in [4.78, 5) is 12.6. The van der Waals surface area contributed by atoms with Crippen LogP contribution in [-0.2, 0) is 4.79 Å². The summed E-state index contributed by atoms with van der Waals surface area (Å²) in [6, 6.07) is -1.01. The normalized spacial score (nSPS) is 13.8. The lowest BCUT2D eigenvalue weighted by Gasteiger charge is -2.27. The van der Waals surface area contributed by atoms with Crippen LogP contribution in [0.1, 0.15) is 354 Å². The Balaban J connectivity index is 3.62. The fourth-order valence-corrected chi connectivity index (χ4v) is 10.4. The first-order valence-corrected chi connectivity index (χ1v) is 32.9. The molecule has 5 N–H and O–H groups in total. The minimum absolute atomic E-state index is 0.361. The van der Waals surface area contributed by atoms with Gasteiger partial charge in [0.15, 0.2) is 0 Å². The van der Waals surface area contributed by atoms with Crippen LogP contribution in [0.5, 0.6) is 0 Å². The molecule has 1 amide bonds. The summed E-state index contributed by atoms with van der Waals surface area (Å²) in [5.41, 5.74) is 0. The van der Waals surface area contributed by atoms with Crippen molar-refractivity contribution < 1.29 is 25.2 Å². The van der Waals surface area contributed by atoms with Crippen molar-refractivity contribution in [1.82, 2.24) is 5.32 Å². The zero-order valence-electron chi connectivity index (χ0n) is 49.2. The molecule has 0 bridgehead atoms. The van der Waals surface area contributed by atoms with Gasteiger partial charge in [0.05, 0.1) is 18.8 Å². The van der Waals surface area contributed by atoms with Gasteiger partial charge in [0.2, 0.25) is 5.91 Å². The van der Waals surface area contributed by atoms with Crippen LogP contribution in [0.4, 0.5) is 0 Å². The standard InChI is InChI=1S/C67H129NO5/c1-3-5-7-9-11-13-15-17-19-21-23-25-27-29-31-33-35-36-38-40-42-44-46-48-50-52-54-56-58-60-64(70)66(72)63(62-69)68-67(73)65(71)61-59-57-55-53-51-49-47-45-43-41-39-37-34-32-30-28-26-24-22-20-18-16-14-12-10-8-6-4-2/h30,32,44,46,52,54,63-66,69-72H,3-29,31,33-43,45,47-51,53,55-62H2,1-2H3,(H,68,73)/b32-30-,46-44+,54-52+. The summed E-state index contributed by atoms with van der Waals surface area (Å²) in [6.07, 6.45) is 78.3. The number of allylic oxidation sites excluding steroid dienone is 6. The molecule has 0 heterocycles. The minimum Gasteiger partial charge on any atom is -0.394 e. The lowest BCUT2D eigenvalue weighted by atomic mass is 10.00. The van der Waals surface area contributed by atoms with Crippen molar-refractivity contribution >= 4 is 5.91 Å². The third-order valence-corrected chi connectivity index (χ3v) is 15.6. The Labute approximate surface area is 456 Å². The largest absolute Gasteiger partial charge is 0.394 e. The summed E-state index contributed by atoms with van der Waals surface area (Å²) >= 11 is 0. The molecule has 0 aromatic carbocycles. The molecular formula is C67H129NO5. The minimum atomic E-state index is -1.29. The molecule has 0 saturated heterocycles. The molecule has 73 heavy (non-hydrogen) atoms. The highest BCUT2D eigenvalue weighted by Crippen LogP contribution is 2.18. The van der Waals surface area contributed by atoms with Crippen molar-refractivity contribution in [2.45, 2.75) is 379 Å². The van der Waals surface area contributed by atoms with Gasteiger partial charge in [0.1, 0.15) is 12.2 Å². The van der Waals surface area contributed by atoms with Crippen LogP contribution in [0.2, 0.25) is 0 Å². The smallest absolute Gasteiger partial charge is 0.249 e. The van der Waals surface area contributed by atoms with E-state index in [0.717, 1.165) is 38.5 Å². The van der Waals surface area contributed by atoms with Gasteiger partial charge in [0.25, 0.3) is 0 Å². The predicted octanol–water partition coefficient (Wildman–Crippen LogP) is 19.9. The van der Waals surface area contributed by atoms with Gasteiger partial charge in [-0.3, -0.25) is 4.79 Å². The third kappa shape index (κ3) is 55.1. The number of nitrogens with one attached hydrogen (secondary N) is 1. The molecule has 4 atom stereocenters. The fourth-order valence-electron chi connectivity index (χ4n) is 10.4. The molecule has 0 radical (unpaired) electrons. The van der Waals surface area contributed by atoms with Crippen molar-refractivity contribution in [2.75, 3.05) is 6.61 Å². The second kappa shape index (κ2) is 61.4. The Morgan fingerprint density at radius 1 is 0.329 bits per heavy atom. The van der Waals surface area contributed by atoms with Crippen LogP contribution >= 0.6 is 0 Å². The van der Waals surface area contributed by atoms with Crippen LogP contribution in [0.25, 0.3) is 0 Å². The maximum absolute atomic E-state index is 12.6. The molecule has 6 heteroatoms. The lowest BCUT2D eigenvalue weighted by Crippen LogP contribution is -2.53. The van der Waals surface area contributed by atoms with Crippen molar-refractivity contribution in [3.05, 3.63) is 36.5 Å². The Bertz CT molecular complexity index is 1150. The van der Waals surface area contributed by atoms with Gasteiger partial charge in [-0.05, 0) is 77.0 Å². The molecule has 0 aliphatic carbocycles. The van der Waals surface area contributed by atoms with Crippen molar-refractivity contribution in [2.24, 2.45) is 0 Å². The van der Waals surface area contributed by atoms with E-state index in [1.807, 2.05) is 0 Å².